The second-order valence-corrected chi connectivity index (χ2v) is 26.2. The number of aromatic nitrogens is 2. The molecule has 2 aromatic carbocycles. The van der Waals surface area contributed by atoms with Crippen molar-refractivity contribution in [2.45, 2.75) is 86.5 Å². The molecule has 0 saturated carbocycles. The number of carbonyl (C=O) groups excluding carboxylic acids is 1. The minimum absolute atomic E-state index is 0.0271. The summed E-state index contributed by atoms with van der Waals surface area (Å²) in [5.74, 6) is 5.36. The number of nitrogens with zero attached hydrogens (tertiary/aromatic N) is 4. The summed E-state index contributed by atoms with van der Waals surface area (Å²) in [6.45, 7) is 9.65. The Labute approximate surface area is 429 Å². The molecular weight excluding hydrogens is 1100 g/mol. The number of thioether (sulfide) groups is 1. The molecule has 3 aliphatic heterocycles. The number of allylic oxidation sites excluding steroid dienone is 4. The third kappa shape index (κ3) is 14.0. The number of hydrogen-bond donors (Lipinski definition) is 9. The van der Waals surface area contributed by atoms with E-state index in [9.17, 15) is 64.1 Å². The predicted molar refractivity (Wildman–Crippen MR) is 268 cm³/mol. The van der Waals surface area contributed by atoms with Crippen LogP contribution in [-0.4, -0.2) is 126 Å². The number of fused-ring (bicyclic) bond motifs is 2. The molecule has 1 amide bonds. The smallest absolute Gasteiger partial charge is 0.390 e. The predicted octanol–water partition coefficient (Wildman–Crippen LogP) is 3.24. The average molecular weight is 1150 g/mol. The highest BCUT2D eigenvalue weighted by molar-refractivity contribution is 7.99. The van der Waals surface area contributed by atoms with E-state index in [0.717, 1.165) is 32.9 Å². The topological polar surface area (TPSA) is 394 Å². The highest BCUT2D eigenvalue weighted by Gasteiger charge is 2.46. The standard InChI is InChI=1S/C42H53N6O20P3S3/c1-6-46-31-15-13-27(73(59,60)61)20-29(31)41(2,3)35(46)11-7-12-36-42(4,5)30-21-28(74(62,63)64)14-16-32(30)47(36)18-9-19-72-25-37(50)44-17-8-10-26-23-48(40(51)45-39(26)43)38-22-33(49)34(66-38)24-65-70(55,56)68-71(57,58)67-69(52,53)54/h7,11-16,20-21,23,33-34,38,49H,6,9,17-19,22,24-25H2,1-5H3,(H8-,43,44,45,50,51,52,53,54,55,56,57,58,59,60,61,62,63,64)/p+1/t33-,34+,38+/m0/s1. The Hall–Kier alpha value is -4.40. The number of benzene rings is 2. The Bertz CT molecular complexity index is 3330. The lowest BCUT2D eigenvalue weighted by molar-refractivity contribution is -0.437. The van der Waals surface area contributed by atoms with Crippen molar-refractivity contribution in [2.75, 3.05) is 48.4 Å². The van der Waals surface area contributed by atoms with Gasteiger partial charge in [-0.2, -0.15) is 46.8 Å². The highest BCUT2D eigenvalue weighted by Crippen LogP contribution is 2.66. The monoisotopic (exact) mass is 1150 g/mol. The van der Waals surface area contributed by atoms with Gasteiger partial charge in [-0.05, 0) is 68.5 Å². The van der Waals surface area contributed by atoms with Gasteiger partial charge in [0.05, 0.1) is 45.8 Å². The number of anilines is 2. The number of aliphatic hydroxyl groups excluding tert-OH is 1. The molecule has 26 nitrogen and oxygen atoms in total. The maximum absolute atomic E-state index is 12.8. The van der Waals surface area contributed by atoms with Crippen molar-refractivity contribution >= 4 is 84.3 Å². The lowest BCUT2D eigenvalue weighted by Crippen LogP contribution is -2.29. The average Bonchev–Trinajstić information content (AvgIpc) is 3.82. The molecule has 0 radical (unpaired) electrons. The van der Waals surface area contributed by atoms with E-state index in [1.54, 1.807) is 12.1 Å². The van der Waals surface area contributed by atoms with E-state index >= 15 is 0 Å². The highest BCUT2D eigenvalue weighted by atomic mass is 32.2. The fourth-order valence-electron chi connectivity index (χ4n) is 8.56. The number of nitrogens with two attached hydrogens (primary N) is 1. The van der Waals surface area contributed by atoms with Gasteiger partial charge in [-0.15, -0.1) is 0 Å². The number of phosphoric acid groups is 3. The van der Waals surface area contributed by atoms with E-state index in [-0.39, 0.29) is 45.8 Å². The summed E-state index contributed by atoms with van der Waals surface area (Å²) in [4.78, 5) is 67.3. The van der Waals surface area contributed by atoms with Gasteiger partial charge in [0.25, 0.3) is 20.2 Å². The van der Waals surface area contributed by atoms with Crippen LogP contribution in [0.5, 0.6) is 0 Å². The summed E-state index contributed by atoms with van der Waals surface area (Å²) in [5.41, 5.74) is 8.22. The third-order valence-electron chi connectivity index (χ3n) is 12.0. The van der Waals surface area contributed by atoms with E-state index in [4.69, 9.17) is 20.3 Å². The summed E-state index contributed by atoms with van der Waals surface area (Å²) in [6, 6.07) is 8.93. The summed E-state index contributed by atoms with van der Waals surface area (Å²) in [6.07, 6.45) is 3.04. The molecule has 3 aliphatic rings. The quantitative estimate of drug-likeness (QED) is 0.0258. The van der Waals surface area contributed by atoms with Gasteiger partial charge in [0.1, 0.15) is 24.7 Å². The van der Waals surface area contributed by atoms with Crippen LogP contribution < -0.4 is 21.6 Å². The van der Waals surface area contributed by atoms with Crippen molar-refractivity contribution in [1.82, 2.24) is 14.9 Å². The van der Waals surface area contributed by atoms with E-state index in [2.05, 4.69) is 44.8 Å². The molecule has 2 unspecified atom stereocenters. The fourth-order valence-corrected chi connectivity index (χ4v) is 13.4. The third-order valence-corrected chi connectivity index (χ3v) is 18.5. The number of aliphatic hydroxyl groups is 1. The number of amides is 1. The molecular formula is C42H54N6O20P3S3+. The zero-order valence-corrected chi connectivity index (χ0v) is 45.2. The Morgan fingerprint density at radius 2 is 1.65 bits per heavy atom. The maximum atomic E-state index is 12.8. The van der Waals surface area contributed by atoms with Crippen LogP contribution >= 0.6 is 35.2 Å². The Morgan fingerprint density at radius 3 is 2.28 bits per heavy atom. The maximum Gasteiger partial charge on any atom is 0.490 e. The van der Waals surface area contributed by atoms with Crippen molar-refractivity contribution in [3.05, 3.63) is 93.7 Å². The van der Waals surface area contributed by atoms with Crippen molar-refractivity contribution in [3.63, 3.8) is 0 Å². The van der Waals surface area contributed by atoms with E-state index in [0.29, 0.717) is 30.8 Å². The number of carbonyl (C=O) groups is 1. The first-order valence-corrected chi connectivity index (χ1v) is 30.6. The van der Waals surface area contributed by atoms with Crippen LogP contribution in [0.3, 0.4) is 0 Å². The Morgan fingerprint density at radius 1 is 1.00 bits per heavy atom. The van der Waals surface area contributed by atoms with E-state index in [1.807, 2.05) is 52.8 Å². The molecule has 10 N–H and O–H groups in total. The SMILES string of the molecule is CCN1/C(=C\C=C\C2=[N+](CCCSCC(=O)NCC#Cc3cn([C@H]4C[C@H](O)[C@@H](COP(=O)(O)OP(=O)(O)OP(=O)(O)O)O4)c(=O)nc3N)c3ccc(S(=O)(=O)O)cc3C2(C)C)C(C)(C)c2cc(S(=O)(=O)O)ccc21. The first-order chi connectivity index (χ1) is 34.1. The number of ether oxygens (including phenoxy) is 1. The van der Waals surface area contributed by atoms with E-state index in [1.165, 1.54) is 42.2 Å². The van der Waals surface area contributed by atoms with Crippen molar-refractivity contribution in [3.8, 4) is 11.8 Å². The van der Waals surface area contributed by atoms with Gasteiger partial charge in [0.15, 0.2) is 5.71 Å². The van der Waals surface area contributed by atoms with Gasteiger partial charge in [0, 0.05) is 60.1 Å². The van der Waals surface area contributed by atoms with Crippen molar-refractivity contribution in [1.29, 1.82) is 0 Å². The first-order valence-electron chi connectivity index (χ1n) is 22.0. The number of nitrogens with one attached hydrogen (secondary N) is 1. The zero-order chi connectivity index (χ0) is 55.0. The van der Waals surface area contributed by atoms with Crippen LogP contribution in [0.25, 0.3) is 0 Å². The molecule has 1 saturated heterocycles. The molecule has 404 valence electrons. The summed E-state index contributed by atoms with van der Waals surface area (Å²) in [7, 11) is -25.9. The number of rotatable bonds is 20. The minimum atomic E-state index is -5.80. The number of likely N-dealkylation sites (N-methyl/N-ethyl adjacent to an activating group) is 1. The molecule has 5 atom stereocenters. The largest absolute Gasteiger partial charge is 0.490 e. The molecule has 6 rings (SSSR count). The molecule has 74 heavy (non-hydrogen) atoms. The van der Waals surface area contributed by atoms with E-state index < -0.39 is 85.3 Å². The van der Waals surface area contributed by atoms with Crippen LogP contribution in [0.2, 0.25) is 0 Å². The molecule has 0 bridgehead atoms. The summed E-state index contributed by atoms with van der Waals surface area (Å²) < 4.78 is 123. The first kappa shape index (κ1) is 58.9. The molecule has 4 heterocycles. The van der Waals surface area contributed by atoms with Gasteiger partial charge in [0.2, 0.25) is 11.6 Å². The van der Waals surface area contributed by atoms with Gasteiger partial charge in [-0.25, -0.2) is 18.5 Å². The second kappa shape index (κ2) is 22.3. The molecule has 1 fully saturated rings. The van der Waals surface area contributed by atoms with Crippen LogP contribution in [-0.2, 0) is 67.4 Å². The second-order valence-electron chi connectivity index (χ2n) is 17.8. The molecule has 0 spiro atoms. The Kier molecular flexibility index (Phi) is 17.7. The van der Waals surface area contributed by atoms with Gasteiger partial charge in [-0.3, -0.25) is 23.0 Å². The zero-order valence-electron chi connectivity index (χ0n) is 40.0. The number of nitrogen functional groups attached to an aromatic ring is 1. The Balaban J connectivity index is 1.07. The van der Waals surface area contributed by atoms with Crippen LogP contribution in [0.4, 0.5) is 17.2 Å². The minimum Gasteiger partial charge on any atom is -0.390 e. The number of hydrogen-bond acceptors (Lipinski definition) is 18. The molecule has 3 aromatic rings. The molecule has 1 aromatic heterocycles. The number of phosphoric ester groups is 1. The van der Waals surface area contributed by atoms with Crippen LogP contribution in [0.15, 0.2) is 81.1 Å². The lowest BCUT2D eigenvalue weighted by Gasteiger charge is -2.25. The summed E-state index contributed by atoms with van der Waals surface area (Å²) >= 11 is 1.35. The molecule has 0 aliphatic carbocycles. The summed E-state index contributed by atoms with van der Waals surface area (Å²) in [5, 5.41) is 13.1. The van der Waals surface area contributed by atoms with Crippen LogP contribution in [0.1, 0.15) is 70.4 Å². The molecule has 32 heteroatoms. The van der Waals surface area contributed by atoms with Gasteiger partial charge >= 0.3 is 29.2 Å². The van der Waals surface area contributed by atoms with Gasteiger partial charge in [-0.1, -0.05) is 31.8 Å². The van der Waals surface area contributed by atoms with Gasteiger partial charge < -0.3 is 45.4 Å². The van der Waals surface area contributed by atoms with Crippen molar-refractivity contribution in [2.24, 2.45) is 0 Å². The lowest BCUT2D eigenvalue weighted by atomic mass is 9.81. The van der Waals surface area contributed by atoms with Crippen molar-refractivity contribution < 1.29 is 91.6 Å². The normalized spacial score (nSPS) is 21.5. The van der Waals surface area contributed by atoms with Crippen LogP contribution in [0, 0.1) is 11.8 Å². The fraction of sp³-hybridized carbons (Fsp3) is 0.429.